The highest BCUT2D eigenvalue weighted by molar-refractivity contribution is 5.85. The first-order chi connectivity index (χ1) is 8.57. The molecule has 0 aromatic carbocycles. The summed E-state index contributed by atoms with van der Waals surface area (Å²) in [5.41, 5.74) is 0.355. The van der Waals surface area contributed by atoms with Crippen molar-refractivity contribution in [1.82, 2.24) is 4.90 Å². The van der Waals surface area contributed by atoms with E-state index >= 15 is 0 Å². The van der Waals surface area contributed by atoms with Gasteiger partial charge in [-0.05, 0) is 31.1 Å². The van der Waals surface area contributed by atoms with Crippen molar-refractivity contribution in [1.29, 1.82) is 0 Å². The molecule has 3 fully saturated rings. The maximum Gasteiger partial charge on any atom is 0.140 e. The van der Waals surface area contributed by atoms with E-state index in [9.17, 15) is 4.79 Å². The molecule has 2 aliphatic carbocycles. The van der Waals surface area contributed by atoms with Crippen molar-refractivity contribution in [2.24, 2.45) is 17.3 Å². The number of carbonyl (C=O) groups is 1. The van der Waals surface area contributed by atoms with Gasteiger partial charge in [0.2, 0.25) is 0 Å². The Hall–Kier alpha value is -0.410. The Morgan fingerprint density at radius 2 is 1.89 bits per heavy atom. The average molecular weight is 251 g/mol. The molecule has 2 bridgehead atoms. The minimum Gasteiger partial charge on any atom is -0.379 e. The fourth-order valence-electron chi connectivity index (χ4n) is 4.34. The second-order valence-electron chi connectivity index (χ2n) is 7.07. The van der Waals surface area contributed by atoms with Crippen molar-refractivity contribution in [2.45, 2.75) is 45.6 Å². The monoisotopic (exact) mass is 251 g/mol. The summed E-state index contributed by atoms with van der Waals surface area (Å²) >= 11 is 0. The van der Waals surface area contributed by atoms with Crippen LogP contribution in [0.1, 0.15) is 39.5 Å². The molecular weight excluding hydrogens is 226 g/mol. The van der Waals surface area contributed by atoms with Crippen LogP contribution in [0.15, 0.2) is 0 Å². The van der Waals surface area contributed by atoms with Gasteiger partial charge >= 0.3 is 0 Å². The number of hydrogen-bond acceptors (Lipinski definition) is 3. The first-order valence-electron chi connectivity index (χ1n) is 7.42. The molecule has 3 unspecified atom stereocenters. The van der Waals surface area contributed by atoms with Crippen LogP contribution < -0.4 is 0 Å². The van der Waals surface area contributed by atoms with Crippen LogP contribution in [-0.2, 0) is 9.53 Å². The van der Waals surface area contributed by atoms with Gasteiger partial charge in [-0.15, -0.1) is 0 Å². The zero-order valence-corrected chi connectivity index (χ0v) is 11.7. The molecule has 3 nitrogen and oxygen atoms in total. The maximum atomic E-state index is 12.5. The number of rotatable bonds is 1. The van der Waals surface area contributed by atoms with Gasteiger partial charge < -0.3 is 4.74 Å². The molecule has 18 heavy (non-hydrogen) atoms. The summed E-state index contributed by atoms with van der Waals surface area (Å²) in [4.78, 5) is 15.0. The van der Waals surface area contributed by atoms with Crippen molar-refractivity contribution in [3.63, 3.8) is 0 Å². The molecular formula is C15H25NO2. The van der Waals surface area contributed by atoms with Gasteiger partial charge in [0.25, 0.3) is 0 Å². The molecule has 2 saturated carbocycles. The van der Waals surface area contributed by atoms with Crippen LogP contribution >= 0.6 is 0 Å². The number of fused-ring (bicyclic) bond motifs is 2. The van der Waals surface area contributed by atoms with Crippen molar-refractivity contribution < 1.29 is 9.53 Å². The minimum absolute atomic E-state index is 0.297. The summed E-state index contributed by atoms with van der Waals surface area (Å²) < 4.78 is 5.44. The summed E-state index contributed by atoms with van der Waals surface area (Å²) in [7, 11) is 0. The van der Waals surface area contributed by atoms with E-state index in [1.807, 2.05) is 0 Å². The van der Waals surface area contributed by atoms with Gasteiger partial charge in [-0.25, -0.2) is 0 Å². The fraction of sp³-hybridized carbons (Fsp3) is 0.933. The number of carbonyl (C=O) groups excluding carboxylic acids is 1. The number of hydrogen-bond donors (Lipinski definition) is 0. The van der Waals surface area contributed by atoms with Gasteiger partial charge in [0.15, 0.2) is 0 Å². The molecule has 0 aromatic rings. The van der Waals surface area contributed by atoms with Gasteiger partial charge in [-0.3, -0.25) is 9.69 Å². The van der Waals surface area contributed by atoms with Gasteiger partial charge in [-0.2, -0.15) is 0 Å². The number of Topliss-reactive ketones (excluding diaryl/α,β-unsaturated/α-hetero) is 1. The summed E-state index contributed by atoms with van der Waals surface area (Å²) in [5, 5.41) is 0. The lowest BCUT2D eigenvalue weighted by atomic mass is 9.60. The highest BCUT2D eigenvalue weighted by Crippen LogP contribution is 2.47. The minimum atomic E-state index is 0.297. The number of nitrogens with zero attached hydrogens (tertiary/aromatic N) is 1. The van der Waals surface area contributed by atoms with Crippen LogP contribution in [0.3, 0.4) is 0 Å². The van der Waals surface area contributed by atoms with Crippen molar-refractivity contribution >= 4 is 5.78 Å². The summed E-state index contributed by atoms with van der Waals surface area (Å²) in [6, 6.07) is 0.497. The Balaban J connectivity index is 1.77. The van der Waals surface area contributed by atoms with Gasteiger partial charge in [-0.1, -0.05) is 13.8 Å². The smallest absolute Gasteiger partial charge is 0.140 e. The Kier molecular flexibility index (Phi) is 3.23. The first kappa shape index (κ1) is 12.6. The Morgan fingerprint density at radius 3 is 2.61 bits per heavy atom. The number of ketones is 1. The van der Waals surface area contributed by atoms with E-state index in [2.05, 4.69) is 18.7 Å². The highest BCUT2D eigenvalue weighted by Gasteiger charge is 2.48. The van der Waals surface area contributed by atoms with E-state index in [0.717, 1.165) is 45.6 Å². The highest BCUT2D eigenvalue weighted by atomic mass is 16.5. The number of morpholine rings is 1. The molecule has 3 atom stereocenters. The standard InChI is InChI=1S/C15H25NO2/c1-15(2)9-11-3-4-13(12(10-15)14(11)17)16-5-7-18-8-6-16/h11-13H,3-10H2,1-2H3. The van der Waals surface area contributed by atoms with Crippen LogP contribution in [0.2, 0.25) is 0 Å². The van der Waals surface area contributed by atoms with Crippen molar-refractivity contribution in [3.8, 4) is 0 Å². The van der Waals surface area contributed by atoms with Crippen LogP contribution in [0.4, 0.5) is 0 Å². The van der Waals surface area contributed by atoms with E-state index in [1.165, 1.54) is 6.42 Å². The van der Waals surface area contributed by atoms with Crippen LogP contribution in [0.25, 0.3) is 0 Å². The quantitative estimate of drug-likeness (QED) is 0.715. The second-order valence-corrected chi connectivity index (χ2v) is 7.07. The van der Waals surface area contributed by atoms with Gasteiger partial charge in [0.1, 0.15) is 5.78 Å². The van der Waals surface area contributed by atoms with Crippen LogP contribution in [0.5, 0.6) is 0 Å². The summed E-state index contributed by atoms with van der Waals surface area (Å²) in [6.45, 7) is 8.37. The van der Waals surface area contributed by atoms with E-state index in [0.29, 0.717) is 29.1 Å². The molecule has 0 N–H and O–H groups in total. The van der Waals surface area contributed by atoms with Crippen molar-refractivity contribution in [2.75, 3.05) is 26.3 Å². The third-order valence-corrected chi connectivity index (χ3v) is 5.13. The zero-order valence-electron chi connectivity index (χ0n) is 11.7. The van der Waals surface area contributed by atoms with Gasteiger partial charge in [0.05, 0.1) is 13.2 Å². The third-order valence-electron chi connectivity index (χ3n) is 5.13. The normalized spacial score (nSPS) is 40.8. The van der Waals surface area contributed by atoms with E-state index in [1.54, 1.807) is 0 Å². The lowest BCUT2D eigenvalue weighted by Crippen LogP contribution is -2.55. The molecule has 1 saturated heterocycles. The van der Waals surface area contributed by atoms with Gasteiger partial charge in [0, 0.05) is 31.0 Å². The lowest BCUT2D eigenvalue weighted by Gasteiger charge is -2.49. The summed E-state index contributed by atoms with van der Waals surface area (Å²) in [5.74, 6) is 1.22. The maximum absolute atomic E-state index is 12.5. The third kappa shape index (κ3) is 2.23. The Labute approximate surface area is 110 Å². The molecule has 1 aliphatic heterocycles. The molecule has 3 rings (SSSR count). The van der Waals surface area contributed by atoms with Crippen molar-refractivity contribution in [3.05, 3.63) is 0 Å². The van der Waals surface area contributed by atoms with Crippen LogP contribution in [0, 0.1) is 17.3 Å². The molecule has 0 amide bonds. The van der Waals surface area contributed by atoms with E-state index in [4.69, 9.17) is 4.74 Å². The number of ether oxygens (including phenoxy) is 1. The molecule has 102 valence electrons. The molecule has 3 heteroatoms. The molecule has 0 spiro atoms. The van der Waals surface area contributed by atoms with E-state index in [-0.39, 0.29) is 0 Å². The predicted octanol–water partition coefficient (Wildman–Crippen LogP) is 2.10. The largest absolute Gasteiger partial charge is 0.379 e. The topological polar surface area (TPSA) is 29.5 Å². The van der Waals surface area contributed by atoms with E-state index < -0.39 is 0 Å². The molecule has 0 aromatic heterocycles. The molecule has 0 radical (unpaired) electrons. The predicted molar refractivity (Wildman–Crippen MR) is 70.4 cm³/mol. The molecule has 3 aliphatic rings. The average Bonchev–Trinajstić information content (AvgIpc) is 2.33. The summed E-state index contributed by atoms with van der Waals surface area (Å²) in [6.07, 6.45) is 4.53. The Bertz CT molecular complexity index is 333. The fourth-order valence-corrected chi connectivity index (χ4v) is 4.34. The Morgan fingerprint density at radius 1 is 1.17 bits per heavy atom. The second kappa shape index (κ2) is 4.61. The zero-order chi connectivity index (χ0) is 12.8. The first-order valence-corrected chi connectivity index (χ1v) is 7.42. The SMILES string of the molecule is CC1(C)CC2CCC(N3CCOCC3)C(C1)C2=O. The van der Waals surface area contributed by atoms with Crippen LogP contribution in [-0.4, -0.2) is 43.0 Å². The molecule has 1 heterocycles. The lowest BCUT2D eigenvalue weighted by molar-refractivity contribution is -0.141.